The molecule has 2 aromatic rings. The van der Waals surface area contributed by atoms with Crippen LogP contribution in [0.3, 0.4) is 0 Å². The Bertz CT molecular complexity index is 662. The summed E-state index contributed by atoms with van der Waals surface area (Å²) in [7, 11) is 0. The third kappa shape index (κ3) is 6.19. The number of rotatable bonds is 10. The van der Waals surface area contributed by atoms with Gasteiger partial charge in [0.1, 0.15) is 0 Å². The molecule has 0 unspecified atom stereocenters. The molecule has 1 aliphatic carbocycles. The van der Waals surface area contributed by atoms with Crippen molar-refractivity contribution in [2.75, 3.05) is 0 Å². The molecule has 1 aromatic heterocycles. The normalized spacial score (nSPS) is 19.6. The lowest BCUT2D eigenvalue weighted by Gasteiger charge is -2.28. The van der Waals surface area contributed by atoms with Crippen LogP contribution in [0.5, 0.6) is 0 Å². The summed E-state index contributed by atoms with van der Waals surface area (Å²) in [5.41, 5.74) is 5.27. The highest BCUT2D eigenvalue weighted by molar-refractivity contribution is 5.62. The predicted octanol–water partition coefficient (Wildman–Crippen LogP) is 8.34. The molecule has 0 aliphatic heterocycles. The zero-order valence-electron chi connectivity index (χ0n) is 18.1. The summed E-state index contributed by atoms with van der Waals surface area (Å²) in [6, 6.07) is 13.6. The average molecular weight is 378 g/mol. The Hall–Kier alpha value is -1.63. The molecule has 0 amide bonds. The lowest BCUT2D eigenvalue weighted by atomic mass is 9.78. The van der Waals surface area contributed by atoms with Gasteiger partial charge in [0.25, 0.3) is 0 Å². The standard InChI is InChI=1S/C27H39N/c1-3-5-6-7-8-10-23-13-17-25(18-14-23)27-20-19-26(21-28-27)24-15-11-22(9-4-2)12-16-24/h11-12,15-16,19-21,23,25H,3-10,13-14,17-18H2,1-2H3. The summed E-state index contributed by atoms with van der Waals surface area (Å²) in [4.78, 5) is 4.86. The van der Waals surface area contributed by atoms with E-state index in [2.05, 4.69) is 56.4 Å². The van der Waals surface area contributed by atoms with Gasteiger partial charge in [-0.15, -0.1) is 0 Å². The molecule has 1 aliphatic rings. The second kappa shape index (κ2) is 11.4. The molecule has 0 N–H and O–H groups in total. The van der Waals surface area contributed by atoms with Crippen LogP contribution in [-0.2, 0) is 6.42 Å². The lowest BCUT2D eigenvalue weighted by Crippen LogP contribution is -2.14. The van der Waals surface area contributed by atoms with Crippen molar-refractivity contribution >= 4 is 0 Å². The number of aromatic nitrogens is 1. The number of pyridine rings is 1. The molecule has 0 bridgehead atoms. The number of unbranched alkanes of at least 4 members (excludes halogenated alkanes) is 4. The van der Waals surface area contributed by atoms with Crippen LogP contribution >= 0.6 is 0 Å². The first kappa shape index (κ1) is 21.1. The predicted molar refractivity (Wildman–Crippen MR) is 122 cm³/mol. The second-order valence-corrected chi connectivity index (χ2v) is 8.84. The minimum absolute atomic E-state index is 0.678. The molecule has 1 heterocycles. The maximum absolute atomic E-state index is 4.86. The monoisotopic (exact) mass is 377 g/mol. The quantitative estimate of drug-likeness (QED) is 0.379. The van der Waals surface area contributed by atoms with Crippen LogP contribution in [0.15, 0.2) is 42.6 Å². The van der Waals surface area contributed by atoms with Crippen molar-refractivity contribution in [2.45, 2.75) is 96.8 Å². The summed E-state index contributed by atoms with van der Waals surface area (Å²) in [5.74, 6) is 1.65. The van der Waals surface area contributed by atoms with E-state index in [0.29, 0.717) is 5.92 Å². The van der Waals surface area contributed by atoms with Gasteiger partial charge in [0.15, 0.2) is 0 Å². The van der Waals surface area contributed by atoms with Crippen LogP contribution in [0.1, 0.15) is 102 Å². The molecule has 1 nitrogen and oxygen atoms in total. The van der Waals surface area contributed by atoms with Crippen LogP contribution < -0.4 is 0 Å². The Morgan fingerprint density at radius 1 is 0.750 bits per heavy atom. The molecule has 3 rings (SSSR count). The molecular weight excluding hydrogens is 338 g/mol. The summed E-state index contributed by atoms with van der Waals surface area (Å²) in [5, 5.41) is 0. The zero-order chi connectivity index (χ0) is 19.6. The largest absolute Gasteiger partial charge is 0.260 e. The van der Waals surface area contributed by atoms with Crippen LogP contribution in [0, 0.1) is 5.92 Å². The van der Waals surface area contributed by atoms with E-state index >= 15 is 0 Å². The number of aryl methyl sites for hydroxylation is 1. The minimum atomic E-state index is 0.678. The van der Waals surface area contributed by atoms with E-state index < -0.39 is 0 Å². The number of nitrogens with zero attached hydrogens (tertiary/aromatic N) is 1. The Kier molecular flexibility index (Phi) is 8.58. The summed E-state index contributed by atoms with van der Waals surface area (Å²) in [6.45, 7) is 4.53. The number of benzene rings is 1. The highest BCUT2D eigenvalue weighted by Gasteiger charge is 2.22. The Morgan fingerprint density at radius 2 is 1.46 bits per heavy atom. The van der Waals surface area contributed by atoms with Crippen molar-refractivity contribution in [1.82, 2.24) is 4.98 Å². The van der Waals surface area contributed by atoms with Gasteiger partial charge in [-0.1, -0.05) is 89.1 Å². The van der Waals surface area contributed by atoms with E-state index in [1.807, 2.05) is 0 Å². The van der Waals surface area contributed by atoms with Gasteiger partial charge >= 0.3 is 0 Å². The van der Waals surface area contributed by atoms with Crippen molar-refractivity contribution in [3.05, 3.63) is 53.9 Å². The molecule has 0 saturated heterocycles. The van der Waals surface area contributed by atoms with Gasteiger partial charge in [0.05, 0.1) is 0 Å². The molecular formula is C27H39N. The molecule has 1 saturated carbocycles. The fourth-order valence-electron chi connectivity index (χ4n) is 4.75. The number of hydrogen-bond donors (Lipinski definition) is 0. The molecule has 28 heavy (non-hydrogen) atoms. The Balaban J connectivity index is 1.46. The Labute approximate surface area is 173 Å². The smallest absolute Gasteiger partial charge is 0.0434 e. The molecule has 1 fully saturated rings. The van der Waals surface area contributed by atoms with Gasteiger partial charge in [0, 0.05) is 23.4 Å². The topological polar surface area (TPSA) is 12.9 Å². The van der Waals surface area contributed by atoms with Crippen LogP contribution in [0.2, 0.25) is 0 Å². The maximum Gasteiger partial charge on any atom is 0.0434 e. The average Bonchev–Trinajstić information content (AvgIpc) is 2.75. The van der Waals surface area contributed by atoms with Gasteiger partial charge in [-0.3, -0.25) is 4.98 Å². The van der Waals surface area contributed by atoms with Crippen molar-refractivity contribution in [3.8, 4) is 11.1 Å². The van der Waals surface area contributed by atoms with Crippen molar-refractivity contribution in [3.63, 3.8) is 0 Å². The van der Waals surface area contributed by atoms with Crippen molar-refractivity contribution < 1.29 is 0 Å². The summed E-state index contributed by atoms with van der Waals surface area (Å²) >= 11 is 0. The zero-order valence-corrected chi connectivity index (χ0v) is 18.1. The first-order valence-corrected chi connectivity index (χ1v) is 11.9. The highest BCUT2D eigenvalue weighted by atomic mass is 14.7. The van der Waals surface area contributed by atoms with Gasteiger partial charge in [-0.05, 0) is 55.2 Å². The van der Waals surface area contributed by atoms with Crippen LogP contribution in [0.25, 0.3) is 11.1 Å². The first-order chi connectivity index (χ1) is 13.8. The van der Waals surface area contributed by atoms with E-state index in [-0.39, 0.29) is 0 Å². The molecule has 0 spiro atoms. The van der Waals surface area contributed by atoms with E-state index in [1.165, 1.54) is 99.4 Å². The molecule has 1 aromatic carbocycles. The summed E-state index contributed by atoms with van der Waals surface area (Å²) in [6.07, 6.45) is 18.5. The first-order valence-electron chi connectivity index (χ1n) is 11.9. The highest BCUT2D eigenvalue weighted by Crippen LogP contribution is 2.37. The molecule has 152 valence electrons. The van der Waals surface area contributed by atoms with E-state index in [4.69, 9.17) is 4.98 Å². The van der Waals surface area contributed by atoms with Crippen LogP contribution in [-0.4, -0.2) is 4.98 Å². The van der Waals surface area contributed by atoms with Gasteiger partial charge in [0.2, 0.25) is 0 Å². The lowest BCUT2D eigenvalue weighted by molar-refractivity contribution is 0.299. The van der Waals surface area contributed by atoms with E-state index in [9.17, 15) is 0 Å². The fourth-order valence-corrected chi connectivity index (χ4v) is 4.75. The fraction of sp³-hybridized carbons (Fsp3) is 0.593. The number of hydrogen-bond acceptors (Lipinski definition) is 1. The minimum Gasteiger partial charge on any atom is -0.260 e. The second-order valence-electron chi connectivity index (χ2n) is 8.84. The van der Waals surface area contributed by atoms with Gasteiger partial charge in [-0.2, -0.15) is 0 Å². The van der Waals surface area contributed by atoms with Crippen LogP contribution in [0.4, 0.5) is 0 Å². The summed E-state index contributed by atoms with van der Waals surface area (Å²) < 4.78 is 0. The molecule has 1 heteroatoms. The van der Waals surface area contributed by atoms with E-state index in [0.717, 1.165) is 5.92 Å². The van der Waals surface area contributed by atoms with Gasteiger partial charge in [-0.25, -0.2) is 0 Å². The maximum atomic E-state index is 4.86. The third-order valence-corrected chi connectivity index (χ3v) is 6.59. The van der Waals surface area contributed by atoms with Crippen molar-refractivity contribution in [1.29, 1.82) is 0 Å². The molecule has 0 radical (unpaired) electrons. The van der Waals surface area contributed by atoms with E-state index in [1.54, 1.807) is 0 Å². The van der Waals surface area contributed by atoms with Crippen molar-refractivity contribution in [2.24, 2.45) is 5.92 Å². The molecule has 0 atom stereocenters. The van der Waals surface area contributed by atoms with Gasteiger partial charge < -0.3 is 0 Å². The Morgan fingerprint density at radius 3 is 2.11 bits per heavy atom. The third-order valence-electron chi connectivity index (χ3n) is 6.59. The SMILES string of the molecule is CCCCCCCC1CCC(c2ccc(-c3ccc(CCC)cc3)cn2)CC1.